The molecule has 0 aromatic heterocycles. The molecule has 0 radical (unpaired) electrons. The fourth-order valence-electron chi connectivity index (χ4n) is 2.21. The maximum atomic E-state index is 12.5. The van der Waals surface area contributed by atoms with Gasteiger partial charge in [-0.15, -0.1) is 0 Å². The van der Waals surface area contributed by atoms with Gasteiger partial charge in [-0.3, -0.25) is 16.0 Å². The van der Waals surface area contributed by atoms with Gasteiger partial charge in [0.25, 0.3) is 5.69 Å². The summed E-state index contributed by atoms with van der Waals surface area (Å²) in [6, 6.07) is 3.70. The van der Waals surface area contributed by atoms with Crippen molar-refractivity contribution >= 4 is 21.4 Å². The molecule has 0 bridgehead atoms. The van der Waals surface area contributed by atoms with Crippen LogP contribution in [0.4, 0.5) is 11.4 Å². The number of benzene rings is 1. The zero-order valence-electron chi connectivity index (χ0n) is 10.9. The second-order valence-electron chi connectivity index (χ2n) is 4.84. The average Bonchev–Trinajstić information content (AvgIpc) is 2.85. The van der Waals surface area contributed by atoms with Gasteiger partial charge in [-0.05, 0) is 24.5 Å². The Labute approximate surface area is 116 Å². The molecule has 1 aromatic carbocycles. The molecule has 1 aliphatic rings. The van der Waals surface area contributed by atoms with Gasteiger partial charge in [0.1, 0.15) is 0 Å². The molecule has 1 atom stereocenters. The topological polar surface area (TPSA) is 119 Å². The number of nitrogen functional groups attached to an aromatic ring is 1. The molecule has 0 aliphatic carbocycles. The second kappa shape index (κ2) is 5.35. The molecule has 1 heterocycles. The minimum Gasteiger partial charge on any atom is -0.324 e. The Hall–Kier alpha value is -1.71. The first-order valence-corrected chi connectivity index (χ1v) is 7.55. The number of anilines is 1. The van der Waals surface area contributed by atoms with Crippen LogP contribution < -0.4 is 11.3 Å². The van der Waals surface area contributed by atoms with Crippen molar-refractivity contribution in [3.8, 4) is 0 Å². The number of nitrogens with zero attached hydrogens (tertiary/aromatic N) is 2. The molecule has 1 aliphatic heterocycles. The van der Waals surface area contributed by atoms with Crippen molar-refractivity contribution in [2.75, 3.05) is 18.5 Å². The van der Waals surface area contributed by atoms with Crippen LogP contribution in [0.25, 0.3) is 0 Å². The van der Waals surface area contributed by atoms with Crippen molar-refractivity contribution in [1.82, 2.24) is 4.31 Å². The van der Waals surface area contributed by atoms with Gasteiger partial charge >= 0.3 is 0 Å². The van der Waals surface area contributed by atoms with E-state index in [1.807, 2.05) is 6.92 Å². The van der Waals surface area contributed by atoms with E-state index in [-0.39, 0.29) is 10.8 Å². The summed E-state index contributed by atoms with van der Waals surface area (Å²) in [5.41, 5.74) is 2.17. The predicted molar refractivity (Wildman–Crippen MR) is 73.4 cm³/mol. The Morgan fingerprint density at radius 2 is 2.20 bits per heavy atom. The quantitative estimate of drug-likeness (QED) is 0.484. The standard InChI is InChI=1S/C11H16N4O4S/c1-8-4-5-14(7-8)20(18,19)11-6-9(13-12)2-3-10(11)15(16)17/h2-3,6,8,13H,4-5,7,12H2,1H3. The normalized spacial score (nSPS) is 20.0. The van der Waals surface area contributed by atoms with E-state index in [0.29, 0.717) is 18.8 Å². The molecule has 110 valence electrons. The Morgan fingerprint density at radius 1 is 1.50 bits per heavy atom. The molecular formula is C11H16N4O4S. The number of nitrogens with one attached hydrogen (secondary N) is 1. The van der Waals surface area contributed by atoms with Crippen molar-refractivity contribution < 1.29 is 13.3 Å². The van der Waals surface area contributed by atoms with Gasteiger partial charge in [0.2, 0.25) is 10.0 Å². The lowest BCUT2D eigenvalue weighted by Gasteiger charge is -2.16. The number of hydrazine groups is 1. The fraction of sp³-hybridized carbons (Fsp3) is 0.455. The van der Waals surface area contributed by atoms with Crippen molar-refractivity contribution in [3.63, 3.8) is 0 Å². The largest absolute Gasteiger partial charge is 0.324 e. The molecule has 1 aromatic rings. The van der Waals surface area contributed by atoms with Crippen LogP contribution in [0.1, 0.15) is 13.3 Å². The number of hydrogen-bond donors (Lipinski definition) is 2. The minimum atomic E-state index is -3.88. The third-order valence-electron chi connectivity index (χ3n) is 3.33. The zero-order valence-corrected chi connectivity index (χ0v) is 11.8. The fourth-order valence-corrected chi connectivity index (χ4v) is 3.97. The summed E-state index contributed by atoms with van der Waals surface area (Å²) in [6.07, 6.45) is 0.752. The number of nitro benzene ring substituents is 1. The van der Waals surface area contributed by atoms with Crippen LogP contribution in [-0.2, 0) is 10.0 Å². The molecule has 1 fully saturated rings. The summed E-state index contributed by atoms with van der Waals surface area (Å²) in [5, 5.41) is 11.0. The Balaban J connectivity index is 2.52. The molecule has 1 saturated heterocycles. The highest BCUT2D eigenvalue weighted by molar-refractivity contribution is 7.89. The molecule has 1 unspecified atom stereocenters. The lowest BCUT2D eigenvalue weighted by molar-refractivity contribution is -0.387. The maximum Gasteiger partial charge on any atom is 0.289 e. The number of hydrogen-bond acceptors (Lipinski definition) is 6. The van der Waals surface area contributed by atoms with Crippen LogP contribution in [0, 0.1) is 16.0 Å². The number of sulfonamides is 1. The van der Waals surface area contributed by atoms with E-state index in [9.17, 15) is 18.5 Å². The van der Waals surface area contributed by atoms with Gasteiger partial charge in [0, 0.05) is 19.2 Å². The first-order valence-electron chi connectivity index (χ1n) is 6.11. The highest BCUT2D eigenvalue weighted by Gasteiger charge is 2.35. The molecular weight excluding hydrogens is 284 g/mol. The maximum absolute atomic E-state index is 12.5. The Bertz CT molecular complexity index is 631. The third kappa shape index (κ3) is 2.60. The van der Waals surface area contributed by atoms with Gasteiger partial charge in [-0.25, -0.2) is 8.42 Å². The lowest BCUT2D eigenvalue weighted by atomic mass is 10.2. The predicted octanol–water partition coefficient (Wildman–Crippen LogP) is 0.911. The van der Waals surface area contributed by atoms with Crippen molar-refractivity contribution in [2.24, 2.45) is 11.8 Å². The second-order valence-corrected chi connectivity index (χ2v) is 6.75. The number of nitrogens with two attached hydrogens (primary N) is 1. The van der Waals surface area contributed by atoms with Crippen molar-refractivity contribution in [3.05, 3.63) is 28.3 Å². The third-order valence-corrected chi connectivity index (χ3v) is 5.22. The summed E-state index contributed by atoms with van der Waals surface area (Å²) in [5.74, 6) is 5.49. The Kier molecular flexibility index (Phi) is 3.93. The number of nitro groups is 1. The first kappa shape index (κ1) is 14.7. The summed E-state index contributed by atoms with van der Waals surface area (Å²) < 4.78 is 26.3. The van der Waals surface area contributed by atoms with E-state index in [1.54, 1.807) is 0 Å². The number of rotatable bonds is 4. The molecule has 2 rings (SSSR count). The summed E-state index contributed by atoms with van der Waals surface area (Å²) >= 11 is 0. The van der Waals surface area contributed by atoms with E-state index >= 15 is 0 Å². The van der Waals surface area contributed by atoms with E-state index in [2.05, 4.69) is 5.43 Å². The van der Waals surface area contributed by atoms with E-state index in [0.717, 1.165) is 12.5 Å². The summed E-state index contributed by atoms with van der Waals surface area (Å²) in [4.78, 5) is 9.99. The van der Waals surface area contributed by atoms with Crippen molar-refractivity contribution in [1.29, 1.82) is 0 Å². The molecule has 0 amide bonds. The molecule has 9 heteroatoms. The van der Waals surface area contributed by atoms with Crippen LogP contribution in [0.3, 0.4) is 0 Å². The van der Waals surface area contributed by atoms with Gasteiger partial charge in [-0.2, -0.15) is 4.31 Å². The van der Waals surface area contributed by atoms with Crippen LogP contribution in [0.5, 0.6) is 0 Å². The molecule has 8 nitrogen and oxygen atoms in total. The van der Waals surface area contributed by atoms with Crippen LogP contribution in [0.2, 0.25) is 0 Å². The smallest absolute Gasteiger partial charge is 0.289 e. The molecule has 0 saturated carbocycles. The van der Waals surface area contributed by atoms with Gasteiger partial charge in [0.15, 0.2) is 4.90 Å². The van der Waals surface area contributed by atoms with Crippen LogP contribution in [0.15, 0.2) is 23.1 Å². The first-order chi connectivity index (χ1) is 9.36. The van der Waals surface area contributed by atoms with E-state index in [4.69, 9.17) is 5.84 Å². The van der Waals surface area contributed by atoms with Crippen LogP contribution >= 0.6 is 0 Å². The average molecular weight is 300 g/mol. The highest BCUT2D eigenvalue weighted by atomic mass is 32.2. The highest BCUT2D eigenvalue weighted by Crippen LogP contribution is 2.31. The minimum absolute atomic E-state index is 0.250. The lowest BCUT2D eigenvalue weighted by Crippen LogP contribution is -2.29. The summed E-state index contributed by atoms with van der Waals surface area (Å²) in [7, 11) is -3.88. The molecule has 3 N–H and O–H groups in total. The zero-order chi connectivity index (χ0) is 14.9. The Morgan fingerprint density at radius 3 is 2.70 bits per heavy atom. The van der Waals surface area contributed by atoms with Crippen LogP contribution in [-0.4, -0.2) is 30.7 Å². The van der Waals surface area contributed by atoms with Gasteiger partial charge in [-0.1, -0.05) is 6.92 Å². The van der Waals surface area contributed by atoms with Gasteiger partial charge in [0.05, 0.1) is 10.6 Å². The molecule has 0 spiro atoms. The SMILES string of the molecule is CC1CCN(S(=O)(=O)c2cc(NN)ccc2[N+](=O)[O-])C1. The van der Waals surface area contributed by atoms with Crippen molar-refractivity contribution in [2.45, 2.75) is 18.2 Å². The monoisotopic (exact) mass is 300 g/mol. The molecule has 20 heavy (non-hydrogen) atoms. The summed E-state index contributed by atoms with van der Waals surface area (Å²) in [6.45, 7) is 2.70. The van der Waals surface area contributed by atoms with E-state index < -0.39 is 20.6 Å². The van der Waals surface area contributed by atoms with E-state index in [1.165, 1.54) is 16.4 Å². The van der Waals surface area contributed by atoms with Gasteiger partial charge < -0.3 is 5.43 Å².